The smallest absolute Gasteiger partial charge is 0.194 e. The Morgan fingerprint density at radius 1 is 0.950 bits per heavy atom. The molecule has 0 saturated heterocycles. The van der Waals surface area contributed by atoms with E-state index in [4.69, 9.17) is 23.2 Å². The van der Waals surface area contributed by atoms with Gasteiger partial charge < -0.3 is 0 Å². The second kappa shape index (κ2) is 5.59. The molecular weight excluding hydrogens is 291 g/mol. The van der Waals surface area contributed by atoms with Crippen molar-refractivity contribution >= 4 is 29.0 Å². The molecule has 0 saturated carbocycles. The van der Waals surface area contributed by atoms with Gasteiger partial charge in [0.1, 0.15) is 0 Å². The van der Waals surface area contributed by atoms with Crippen molar-refractivity contribution < 1.29 is 4.79 Å². The number of carbonyl (C=O) groups excluding carboxylic acids is 1. The van der Waals surface area contributed by atoms with Crippen LogP contribution in [-0.4, -0.2) is 5.78 Å². The fraction of sp³-hybridized carbons (Fsp3) is 0.235. The maximum Gasteiger partial charge on any atom is 0.194 e. The molecule has 0 fully saturated rings. The van der Waals surface area contributed by atoms with Crippen molar-refractivity contribution in [1.29, 1.82) is 0 Å². The number of aryl methyl sites for hydroxylation is 2. The summed E-state index contributed by atoms with van der Waals surface area (Å²) in [6.07, 6.45) is 4.60. The average Bonchev–Trinajstić information content (AvgIpc) is 2.49. The summed E-state index contributed by atoms with van der Waals surface area (Å²) in [4.78, 5) is 12.6. The standard InChI is InChI=1S/C17H14Cl2O/c18-15-7-3-6-14(16(15)19)17(20)13-9-8-11-4-1-2-5-12(11)10-13/h3,6-10H,1-2,4-5H2. The van der Waals surface area contributed by atoms with Crippen LogP contribution in [0.15, 0.2) is 36.4 Å². The van der Waals surface area contributed by atoms with Crippen LogP contribution in [0.1, 0.15) is 39.9 Å². The van der Waals surface area contributed by atoms with Crippen molar-refractivity contribution in [3.63, 3.8) is 0 Å². The summed E-state index contributed by atoms with van der Waals surface area (Å²) in [5, 5.41) is 0.743. The summed E-state index contributed by atoms with van der Waals surface area (Å²) in [6, 6.07) is 11.1. The number of ketones is 1. The van der Waals surface area contributed by atoms with Crippen LogP contribution in [-0.2, 0) is 12.8 Å². The minimum atomic E-state index is -0.0640. The minimum Gasteiger partial charge on any atom is -0.289 e. The molecule has 1 nitrogen and oxygen atoms in total. The minimum absolute atomic E-state index is 0.0640. The van der Waals surface area contributed by atoms with Gasteiger partial charge >= 0.3 is 0 Å². The van der Waals surface area contributed by atoms with Crippen LogP contribution >= 0.6 is 23.2 Å². The van der Waals surface area contributed by atoms with E-state index >= 15 is 0 Å². The van der Waals surface area contributed by atoms with Crippen molar-refractivity contribution in [3.8, 4) is 0 Å². The average molecular weight is 305 g/mol. The van der Waals surface area contributed by atoms with E-state index < -0.39 is 0 Å². The molecule has 0 radical (unpaired) electrons. The third-order valence-corrected chi connectivity index (χ3v) is 4.63. The SMILES string of the molecule is O=C(c1ccc2c(c1)CCCC2)c1cccc(Cl)c1Cl. The van der Waals surface area contributed by atoms with Crippen LogP contribution in [0, 0.1) is 0 Å². The molecule has 102 valence electrons. The zero-order valence-corrected chi connectivity index (χ0v) is 12.5. The number of carbonyl (C=O) groups is 1. The molecule has 0 aromatic heterocycles. The zero-order valence-electron chi connectivity index (χ0n) is 11.0. The topological polar surface area (TPSA) is 17.1 Å². The molecule has 0 heterocycles. The van der Waals surface area contributed by atoms with Gasteiger partial charge in [0.15, 0.2) is 5.78 Å². The second-order valence-electron chi connectivity index (χ2n) is 5.12. The van der Waals surface area contributed by atoms with E-state index in [1.807, 2.05) is 12.1 Å². The van der Waals surface area contributed by atoms with Gasteiger partial charge in [-0.3, -0.25) is 4.79 Å². The van der Waals surface area contributed by atoms with E-state index in [-0.39, 0.29) is 5.78 Å². The molecule has 3 heteroatoms. The summed E-state index contributed by atoms with van der Waals surface area (Å²) in [5.41, 5.74) is 3.81. The normalized spacial score (nSPS) is 13.9. The third-order valence-electron chi connectivity index (χ3n) is 3.81. The van der Waals surface area contributed by atoms with Crippen LogP contribution in [0.2, 0.25) is 10.0 Å². The van der Waals surface area contributed by atoms with Crippen molar-refractivity contribution in [2.24, 2.45) is 0 Å². The highest BCUT2D eigenvalue weighted by Crippen LogP contribution is 2.29. The van der Waals surface area contributed by atoms with Gasteiger partial charge in [0.05, 0.1) is 10.0 Å². The lowest BCUT2D eigenvalue weighted by Crippen LogP contribution is -2.07. The molecule has 0 atom stereocenters. The Hall–Kier alpha value is -1.31. The lowest BCUT2D eigenvalue weighted by Gasteiger charge is -2.16. The van der Waals surface area contributed by atoms with Gasteiger partial charge in [-0.15, -0.1) is 0 Å². The monoisotopic (exact) mass is 304 g/mol. The van der Waals surface area contributed by atoms with Gasteiger partial charge in [-0.05, 0) is 55.0 Å². The van der Waals surface area contributed by atoms with Crippen molar-refractivity contribution in [1.82, 2.24) is 0 Å². The van der Waals surface area contributed by atoms with Gasteiger partial charge in [0.2, 0.25) is 0 Å². The van der Waals surface area contributed by atoms with Crippen LogP contribution < -0.4 is 0 Å². The Bertz CT molecular complexity index is 677. The highest BCUT2D eigenvalue weighted by molar-refractivity contribution is 6.44. The molecule has 0 spiro atoms. The molecule has 2 aromatic carbocycles. The number of fused-ring (bicyclic) bond motifs is 1. The summed E-state index contributed by atoms with van der Waals surface area (Å²) in [6.45, 7) is 0. The summed E-state index contributed by atoms with van der Waals surface area (Å²) in [7, 11) is 0. The summed E-state index contributed by atoms with van der Waals surface area (Å²) in [5.74, 6) is -0.0640. The summed E-state index contributed by atoms with van der Waals surface area (Å²) < 4.78 is 0. The molecular formula is C17H14Cl2O. The maximum atomic E-state index is 12.6. The first-order valence-electron chi connectivity index (χ1n) is 6.77. The van der Waals surface area contributed by atoms with Crippen LogP contribution in [0.5, 0.6) is 0 Å². The van der Waals surface area contributed by atoms with Crippen molar-refractivity contribution in [2.45, 2.75) is 25.7 Å². The lowest BCUT2D eigenvalue weighted by molar-refractivity contribution is 0.103. The van der Waals surface area contributed by atoms with Crippen LogP contribution in [0.25, 0.3) is 0 Å². The number of benzene rings is 2. The quantitative estimate of drug-likeness (QED) is 0.705. The first-order chi connectivity index (χ1) is 9.66. The number of rotatable bonds is 2. The highest BCUT2D eigenvalue weighted by Gasteiger charge is 2.17. The third kappa shape index (κ3) is 2.48. The van der Waals surface area contributed by atoms with Gasteiger partial charge in [0, 0.05) is 11.1 Å². The van der Waals surface area contributed by atoms with E-state index in [1.54, 1.807) is 18.2 Å². The molecule has 3 rings (SSSR count). The molecule has 0 unspecified atom stereocenters. The molecule has 20 heavy (non-hydrogen) atoms. The van der Waals surface area contributed by atoms with Gasteiger partial charge in [-0.25, -0.2) is 0 Å². The Morgan fingerprint density at radius 2 is 1.70 bits per heavy atom. The molecule has 0 bridgehead atoms. The largest absolute Gasteiger partial charge is 0.289 e. The zero-order chi connectivity index (χ0) is 14.1. The predicted octanol–water partition coefficient (Wildman–Crippen LogP) is 5.10. The van der Waals surface area contributed by atoms with Crippen LogP contribution in [0.3, 0.4) is 0 Å². The van der Waals surface area contributed by atoms with Crippen LogP contribution in [0.4, 0.5) is 0 Å². The fourth-order valence-electron chi connectivity index (χ4n) is 2.71. The Morgan fingerprint density at radius 3 is 2.50 bits per heavy atom. The van der Waals surface area contributed by atoms with Gasteiger partial charge in [-0.2, -0.15) is 0 Å². The first kappa shape index (κ1) is 13.7. The summed E-state index contributed by atoms with van der Waals surface area (Å²) >= 11 is 12.1. The number of hydrogen-bond donors (Lipinski definition) is 0. The van der Waals surface area contributed by atoms with E-state index in [0.717, 1.165) is 12.8 Å². The Kier molecular flexibility index (Phi) is 3.82. The van der Waals surface area contributed by atoms with Crippen molar-refractivity contribution in [2.75, 3.05) is 0 Å². The fourth-order valence-corrected chi connectivity index (χ4v) is 3.10. The Labute approximate surface area is 128 Å². The molecule has 1 aliphatic carbocycles. The van der Waals surface area contributed by atoms with E-state index in [2.05, 4.69) is 6.07 Å². The maximum absolute atomic E-state index is 12.6. The number of hydrogen-bond acceptors (Lipinski definition) is 1. The predicted molar refractivity (Wildman–Crippen MR) is 83.0 cm³/mol. The van der Waals surface area contributed by atoms with Gasteiger partial charge in [0.25, 0.3) is 0 Å². The molecule has 0 aliphatic heterocycles. The first-order valence-corrected chi connectivity index (χ1v) is 7.53. The molecule has 0 N–H and O–H groups in total. The molecule has 2 aromatic rings. The Balaban J connectivity index is 2.00. The number of halogens is 2. The van der Waals surface area contributed by atoms with Crippen molar-refractivity contribution in [3.05, 3.63) is 68.7 Å². The molecule has 0 amide bonds. The lowest BCUT2D eigenvalue weighted by atomic mass is 9.89. The van der Waals surface area contributed by atoms with E-state index in [0.29, 0.717) is 21.2 Å². The molecule has 1 aliphatic rings. The highest BCUT2D eigenvalue weighted by atomic mass is 35.5. The second-order valence-corrected chi connectivity index (χ2v) is 5.91. The van der Waals surface area contributed by atoms with E-state index in [1.165, 1.54) is 24.0 Å². The van der Waals surface area contributed by atoms with Gasteiger partial charge in [-0.1, -0.05) is 41.4 Å². The van der Waals surface area contributed by atoms with E-state index in [9.17, 15) is 4.79 Å².